The molecule has 1 heterocycles. The van der Waals surface area contributed by atoms with Crippen molar-refractivity contribution in [2.75, 3.05) is 0 Å². The molecule has 0 bridgehead atoms. The monoisotopic (exact) mass is 208 g/mol. The summed E-state index contributed by atoms with van der Waals surface area (Å²) in [6.45, 7) is 2.37. The maximum absolute atomic E-state index is 11.7. The van der Waals surface area contributed by atoms with Crippen LogP contribution in [0.5, 0.6) is 0 Å². The molecule has 1 aliphatic carbocycles. The van der Waals surface area contributed by atoms with Gasteiger partial charge >= 0.3 is 0 Å². The van der Waals surface area contributed by atoms with E-state index in [4.69, 9.17) is 10.2 Å². The van der Waals surface area contributed by atoms with Crippen LogP contribution >= 0.6 is 0 Å². The predicted molar refractivity (Wildman–Crippen MR) is 56.3 cm³/mol. The normalized spacial score (nSPS) is 17.5. The molecule has 1 atom stereocenters. The molecule has 1 saturated carbocycles. The van der Waals surface area contributed by atoms with Crippen LogP contribution in [0, 0.1) is 5.92 Å². The summed E-state index contributed by atoms with van der Waals surface area (Å²) in [7, 11) is 0. The Bertz CT molecular complexity index is 355. The van der Waals surface area contributed by atoms with Crippen LogP contribution < -0.4 is 11.1 Å². The van der Waals surface area contributed by atoms with E-state index in [1.807, 2.05) is 6.92 Å². The third kappa shape index (κ3) is 2.39. The van der Waals surface area contributed by atoms with Gasteiger partial charge in [0.1, 0.15) is 12.0 Å². The molecule has 0 spiro atoms. The Labute approximate surface area is 88.8 Å². The van der Waals surface area contributed by atoms with Crippen molar-refractivity contribution in [3.05, 3.63) is 23.7 Å². The largest absolute Gasteiger partial charge is 0.467 e. The fourth-order valence-electron chi connectivity index (χ4n) is 1.61. The molecule has 15 heavy (non-hydrogen) atoms. The lowest BCUT2D eigenvalue weighted by atomic mass is 10.2. The molecule has 1 fully saturated rings. The summed E-state index contributed by atoms with van der Waals surface area (Å²) in [4.78, 5) is 11.7. The highest BCUT2D eigenvalue weighted by Gasteiger charge is 2.29. The second-order valence-corrected chi connectivity index (χ2v) is 4.11. The van der Waals surface area contributed by atoms with E-state index in [-0.39, 0.29) is 11.9 Å². The first-order chi connectivity index (χ1) is 7.20. The Morgan fingerprint density at radius 1 is 1.73 bits per heavy atom. The zero-order valence-corrected chi connectivity index (χ0v) is 8.82. The van der Waals surface area contributed by atoms with Gasteiger partial charge in [-0.2, -0.15) is 0 Å². The lowest BCUT2D eigenvalue weighted by Crippen LogP contribution is -2.33. The van der Waals surface area contributed by atoms with Crippen molar-refractivity contribution in [2.24, 2.45) is 11.7 Å². The molecule has 1 aromatic heterocycles. The molecule has 1 amide bonds. The minimum Gasteiger partial charge on any atom is -0.467 e. The second kappa shape index (κ2) is 4.06. The minimum atomic E-state index is -0.0714. The minimum absolute atomic E-state index is 0.0714. The number of hydrogen-bond acceptors (Lipinski definition) is 3. The summed E-state index contributed by atoms with van der Waals surface area (Å²) < 4.78 is 5.11. The fourth-order valence-corrected chi connectivity index (χ4v) is 1.61. The zero-order valence-electron chi connectivity index (χ0n) is 8.82. The van der Waals surface area contributed by atoms with Crippen molar-refractivity contribution in [1.82, 2.24) is 5.32 Å². The van der Waals surface area contributed by atoms with Gasteiger partial charge in [0.15, 0.2) is 0 Å². The fraction of sp³-hybridized carbons (Fsp3) is 0.545. The van der Waals surface area contributed by atoms with Gasteiger partial charge in [0, 0.05) is 6.04 Å². The highest BCUT2D eigenvalue weighted by Crippen LogP contribution is 2.32. The Morgan fingerprint density at radius 2 is 2.47 bits per heavy atom. The number of amides is 1. The summed E-state index contributed by atoms with van der Waals surface area (Å²) >= 11 is 0. The number of nitrogens with one attached hydrogen (secondary N) is 1. The maximum Gasteiger partial charge on any atom is 0.254 e. The summed E-state index contributed by atoms with van der Waals surface area (Å²) in [5.74, 6) is 1.23. The predicted octanol–water partition coefficient (Wildman–Crippen LogP) is 1.27. The van der Waals surface area contributed by atoms with Crippen LogP contribution in [0.1, 0.15) is 35.9 Å². The van der Waals surface area contributed by atoms with E-state index >= 15 is 0 Å². The van der Waals surface area contributed by atoms with Crippen LogP contribution in [0.4, 0.5) is 0 Å². The molecule has 3 N–H and O–H groups in total. The van der Waals surface area contributed by atoms with Crippen molar-refractivity contribution < 1.29 is 9.21 Å². The molecule has 4 heteroatoms. The van der Waals surface area contributed by atoms with Crippen molar-refractivity contribution in [1.29, 1.82) is 0 Å². The Morgan fingerprint density at radius 3 is 3.00 bits per heavy atom. The number of furan rings is 1. The number of nitrogens with two attached hydrogens (primary N) is 1. The molecule has 0 saturated heterocycles. The molecule has 0 aromatic carbocycles. The van der Waals surface area contributed by atoms with Gasteiger partial charge in [-0.25, -0.2) is 0 Å². The SMILES string of the molecule is CC(NC(=O)c1coc(CN)c1)C1CC1. The molecular weight excluding hydrogens is 192 g/mol. The average Bonchev–Trinajstić information content (AvgIpc) is 2.96. The van der Waals surface area contributed by atoms with Crippen LogP contribution in [0.15, 0.2) is 16.7 Å². The van der Waals surface area contributed by atoms with Crippen molar-refractivity contribution in [3.63, 3.8) is 0 Å². The van der Waals surface area contributed by atoms with Gasteiger partial charge in [0.05, 0.1) is 12.1 Å². The van der Waals surface area contributed by atoms with Gasteiger partial charge in [-0.3, -0.25) is 4.79 Å². The molecule has 1 unspecified atom stereocenters. The van der Waals surface area contributed by atoms with E-state index < -0.39 is 0 Å². The average molecular weight is 208 g/mol. The quantitative estimate of drug-likeness (QED) is 0.782. The van der Waals surface area contributed by atoms with Crippen LogP contribution in [0.3, 0.4) is 0 Å². The molecule has 4 nitrogen and oxygen atoms in total. The van der Waals surface area contributed by atoms with E-state index in [1.165, 1.54) is 19.1 Å². The van der Waals surface area contributed by atoms with E-state index in [0.717, 1.165) is 0 Å². The van der Waals surface area contributed by atoms with Crippen molar-refractivity contribution in [3.8, 4) is 0 Å². The first-order valence-electron chi connectivity index (χ1n) is 5.29. The van der Waals surface area contributed by atoms with Gasteiger partial charge in [-0.05, 0) is 31.7 Å². The lowest BCUT2D eigenvalue weighted by molar-refractivity contribution is 0.0935. The first-order valence-corrected chi connectivity index (χ1v) is 5.29. The number of carbonyl (C=O) groups excluding carboxylic acids is 1. The van der Waals surface area contributed by atoms with E-state index in [9.17, 15) is 4.79 Å². The van der Waals surface area contributed by atoms with E-state index in [2.05, 4.69) is 5.32 Å². The van der Waals surface area contributed by atoms with Gasteiger partial charge in [0.25, 0.3) is 5.91 Å². The summed E-state index contributed by atoms with van der Waals surface area (Å²) in [5.41, 5.74) is 5.96. The maximum atomic E-state index is 11.7. The summed E-state index contributed by atoms with van der Waals surface area (Å²) in [6, 6.07) is 1.95. The van der Waals surface area contributed by atoms with Crippen molar-refractivity contribution >= 4 is 5.91 Å². The molecule has 0 radical (unpaired) electrons. The van der Waals surface area contributed by atoms with E-state index in [1.54, 1.807) is 6.07 Å². The smallest absolute Gasteiger partial charge is 0.254 e. The number of carbonyl (C=O) groups is 1. The topological polar surface area (TPSA) is 68.3 Å². The van der Waals surface area contributed by atoms with Crippen LogP contribution in [-0.4, -0.2) is 11.9 Å². The Balaban J connectivity index is 1.94. The standard InChI is InChI=1S/C11H16N2O2/c1-7(8-2-3-8)13-11(14)9-4-10(5-12)15-6-9/h4,6-8H,2-3,5,12H2,1H3,(H,13,14). The van der Waals surface area contributed by atoms with E-state index in [0.29, 0.717) is 23.8 Å². The van der Waals surface area contributed by atoms with Gasteiger partial charge in [-0.15, -0.1) is 0 Å². The first kappa shape index (κ1) is 10.2. The van der Waals surface area contributed by atoms with Gasteiger partial charge in [-0.1, -0.05) is 0 Å². The third-order valence-electron chi connectivity index (χ3n) is 2.81. The lowest BCUT2D eigenvalue weighted by Gasteiger charge is -2.11. The highest BCUT2D eigenvalue weighted by molar-refractivity contribution is 5.94. The molecule has 2 rings (SSSR count). The summed E-state index contributed by atoms with van der Waals surface area (Å²) in [6.07, 6.45) is 3.90. The molecule has 0 aliphatic heterocycles. The van der Waals surface area contributed by atoms with Gasteiger partial charge in [0.2, 0.25) is 0 Å². The molecule has 82 valence electrons. The number of rotatable bonds is 4. The van der Waals surface area contributed by atoms with Crippen LogP contribution in [0.25, 0.3) is 0 Å². The van der Waals surface area contributed by atoms with Crippen LogP contribution in [-0.2, 0) is 6.54 Å². The highest BCUT2D eigenvalue weighted by atomic mass is 16.3. The number of hydrogen-bond donors (Lipinski definition) is 2. The molecule has 1 aromatic rings. The molecular formula is C11H16N2O2. The Hall–Kier alpha value is -1.29. The second-order valence-electron chi connectivity index (χ2n) is 4.11. The summed E-state index contributed by atoms with van der Waals surface area (Å²) in [5, 5.41) is 2.96. The Kier molecular flexibility index (Phi) is 2.77. The zero-order chi connectivity index (χ0) is 10.8. The van der Waals surface area contributed by atoms with Crippen LogP contribution in [0.2, 0.25) is 0 Å². The third-order valence-corrected chi connectivity index (χ3v) is 2.81. The van der Waals surface area contributed by atoms with Gasteiger partial charge < -0.3 is 15.5 Å². The van der Waals surface area contributed by atoms with Crippen molar-refractivity contribution in [2.45, 2.75) is 32.4 Å². The molecule has 1 aliphatic rings.